The summed E-state index contributed by atoms with van der Waals surface area (Å²) in [7, 11) is 0. The molecule has 0 saturated heterocycles. The first-order valence-corrected chi connectivity index (χ1v) is 6.60. The number of H-pyrrole nitrogens is 1. The molecule has 2 aromatic rings. The van der Waals surface area contributed by atoms with Crippen LogP contribution < -0.4 is 5.56 Å². The average Bonchev–Trinajstić information content (AvgIpc) is 2.79. The van der Waals surface area contributed by atoms with Crippen LogP contribution in [0.4, 0.5) is 5.69 Å². The fourth-order valence-corrected chi connectivity index (χ4v) is 1.92. The molecule has 118 valence electrons. The van der Waals surface area contributed by atoms with Crippen LogP contribution >= 0.6 is 0 Å². The summed E-state index contributed by atoms with van der Waals surface area (Å²) in [5, 5.41) is 23.2. The molecule has 0 amide bonds. The van der Waals surface area contributed by atoms with Gasteiger partial charge in [-0.05, 0) is 32.9 Å². The highest BCUT2D eigenvalue weighted by Gasteiger charge is 2.21. The van der Waals surface area contributed by atoms with Gasteiger partial charge in [-0.2, -0.15) is 0 Å². The van der Waals surface area contributed by atoms with Gasteiger partial charge in [0.05, 0.1) is 16.2 Å². The molecule has 0 spiro atoms. The molecule has 8 nitrogen and oxygen atoms in total. The summed E-state index contributed by atoms with van der Waals surface area (Å²) in [6.07, 6.45) is -1.38. The summed E-state index contributed by atoms with van der Waals surface area (Å²) in [6, 6.07) is 6.95. The first-order chi connectivity index (χ1) is 10.2. The van der Waals surface area contributed by atoms with Crippen LogP contribution in [0, 0.1) is 10.1 Å². The van der Waals surface area contributed by atoms with Crippen LogP contribution in [0.1, 0.15) is 27.2 Å². The number of benzene rings is 1. The molecular formula is C14H17N3O5. The number of nitro groups is 1. The lowest BCUT2D eigenvalue weighted by atomic mass is 10.1. The molecule has 1 atom stereocenters. The molecule has 0 aliphatic rings. The largest absolute Gasteiger partial charge is 0.350 e. The number of non-ortho nitro benzene ring substituents is 1. The minimum atomic E-state index is -1.38. The molecule has 1 heterocycles. The zero-order valence-corrected chi connectivity index (χ0v) is 12.4. The number of hydrogen-bond donors (Lipinski definition) is 2. The number of nitrogens with one attached hydrogen (secondary N) is 1. The van der Waals surface area contributed by atoms with Gasteiger partial charge >= 0.3 is 0 Å². The number of aliphatic hydroxyl groups excluding tert-OH is 1. The minimum absolute atomic E-state index is 0.0559. The Balaban J connectivity index is 2.39. The van der Waals surface area contributed by atoms with Gasteiger partial charge < -0.3 is 9.84 Å². The number of aromatic nitrogens is 2. The van der Waals surface area contributed by atoms with Crippen molar-refractivity contribution < 1.29 is 14.8 Å². The monoisotopic (exact) mass is 307 g/mol. The SMILES string of the molecule is CC(C)(C)OC(O)n1[nH]c(=O)cc1-c1ccc([N+](=O)[O-])cc1. The van der Waals surface area contributed by atoms with Crippen molar-refractivity contribution in [2.24, 2.45) is 0 Å². The van der Waals surface area contributed by atoms with Gasteiger partial charge in [0.15, 0.2) is 0 Å². The topological polar surface area (TPSA) is 110 Å². The Labute approximate surface area is 126 Å². The first kappa shape index (κ1) is 15.9. The third-order valence-electron chi connectivity index (χ3n) is 2.81. The molecule has 0 saturated carbocycles. The second-order valence-corrected chi connectivity index (χ2v) is 5.74. The molecule has 0 aliphatic carbocycles. The third-order valence-corrected chi connectivity index (χ3v) is 2.81. The summed E-state index contributed by atoms with van der Waals surface area (Å²) < 4.78 is 6.58. The molecule has 0 aliphatic heterocycles. The minimum Gasteiger partial charge on any atom is -0.350 e. The van der Waals surface area contributed by atoms with E-state index in [1.165, 1.54) is 35.0 Å². The van der Waals surface area contributed by atoms with Crippen LogP contribution in [0.2, 0.25) is 0 Å². The van der Waals surface area contributed by atoms with Gasteiger partial charge in [0.1, 0.15) is 0 Å². The summed E-state index contributed by atoms with van der Waals surface area (Å²) in [6.45, 7) is 5.30. The van der Waals surface area contributed by atoms with Crippen molar-refractivity contribution in [2.75, 3.05) is 0 Å². The Morgan fingerprint density at radius 2 is 1.91 bits per heavy atom. The lowest BCUT2D eigenvalue weighted by Crippen LogP contribution is -2.27. The van der Waals surface area contributed by atoms with Gasteiger partial charge in [0.2, 0.25) is 0 Å². The number of rotatable bonds is 4. The third kappa shape index (κ3) is 3.60. The van der Waals surface area contributed by atoms with E-state index in [0.29, 0.717) is 11.3 Å². The molecule has 22 heavy (non-hydrogen) atoms. The number of aliphatic hydroxyl groups is 1. The summed E-state index contributed by atoms with van der Waals surface area (Å²) >= 11 is 0. The highest BCUT2D eigenvalue weighted by molar-refractivity contribution is 5.61. The summed E-state index contributed by atoms with van der Waals surface area (Å²) in [5.41, 5.74) is -0.172. The molecule has 1 unspecified atom stereocenters. The van der Waals surface area contributed by atoms with E-state index >= 15 is 0 Å². The fraction of sp³-hybridized carbons (Fsp3) is 0.357. The van der Waals surface area contributed by atoms with Crippen molar-refractivity contribution in [3.05, 3.63) is 50.8 Å². The first-order valence-electron chi connectivity index (χ1n) is 6.60. The maximum Gasteiger partial charge on any atom is 0.269 e. The van der Waals surface area contributed by atoms with Crippen LogP contribution in [0.15, 0.2) is 35.1 Å². The van der Waals surface area contributed by atoms with Crippen molar-refractivity contribution >= 4 is 5.69 Å². The molecule has 0 bridgehead atoms. The van der Waals surface area contributed by atoms with Crippen LogP contribution in [-0.4, -0.2) is 25.4 Å². The number of aromatic amines is 1. The van der Waals surface area contributed by atoms with Crippen molar-refractivity contribution in [1.29, 1.82) is 0 Å². The van der Waals surface area contributed by atoms with Crippen molar-refractivity contribution in [2.45, 2.75) is 32.8 Å². The normalized spacial score (nSPS) is 13.1. The van der Waals surface area contributed by atoms with Crippen LogP contribution in [0.3, 0.4) is 0 Å². The number of nitro benzene ring substituents is 1. The quantitative estimate of drug-likeness (QED) is 0.510. The summed E-state index contributed by atoms with van der Waals surface area (Å²) in [4.78, 5) is 21.7. The summed E-state index contributed by atoms with van der Waals surface area (Å²) in [5.74, 6) is 0. The molecule has 8 heteroatoms. The zero-order valence-electron chi connectivity index (χ0n) is 12.4. The predicted octanol–water partition coefficient (Wildman–Crippen LogP) is 2.02. The Bertz CT molecular complexity index is 724. The van der Waals surface area contributed by atoms with Gasteiger partial charge in [0.25, 0.3) is 17.7 Å². The lowest BCUT2D eigenvalue weighted by molar-refractivity contribution is -0.384. The molecular weight excluding hydrogens is 290 g/mol. The number of ether oxygens (including phenoxy) is 1. The smallest absolute Gasteiger partial charge is 0.269 e. The van der Waals surface area contributed by atoms with E-state index in [-0.39, 0.29) is 5.69 Å². The highest BCUT2D eigenvalue weighted by Crippen LogP contribution is 2.25. The van der Waals surface area contributed by atoms with Crippen LogP contribution in [-0.2, 0) is 4.74 Å². The molecule has 2 N–H and O–H groups in total. The van der Waals surface area contributed by atoms with Gasteiger partial charge in [-0.1, -0.05) is 0 Å². The highest BCUT2D eigenvalue weighted by atomic mass is 16.6. The maximum atomic E-state index is 11.6. The van der Waals surface area contributed by atoms with E-state index < -0.39 is 22.5 Å². The van der Waals surface area contributed by atoms with Gasteiger partial charge in [-0.25, -0.2) is 4.68 Å². The Morgan fingerprint density at radius 3 is 2.41 bits per heavy atom. The number of hydrogen-bond acceptors (Lipinski definition) is 5. The fourth-order valence-electron chi connectivity index (χ4n) is 1.92. The number of nitrogens with zero attached hydrogens (tertiary/aromatic N) is 2. The van der Waals surface area contributed by atoms with Gasteiger partial charge in [-0.3, -0.25) is 20.0 Å². The Kier molecular flexibility index (Phi) is 4.16. The van der Waals surface area contributed by atoms with E-state index in [1.807, 2.05) is 0 Å². The van der Waals surface area contributed by atoms with Crippen molar-refractivity contribution in [3.63, 3.8) is 0 Å². The van der Waals surface area contributed by atoms with E-state index in [4.69, 9.17) is 4.74 Å². The zero-order chi connectivity index (χ0) is 16.5. The van der Waals surface area contributed by atoms with Crippen molar-refractivity contribution in [3.8, 4) is 11.3 Å². The second kappa shape index (κ2) is 5.74. The van der Waals surface area contributed by atoms with Crippen molar-refractivity contribution in [1.82, 2.24) is 9.78 Å². The lowest BCUT2D eigenvalue weighted by Gasteiger charge is -2.25. The Hall–Kier alpha value is -2.45. The Morgan fingerprint density at radius 1 is 1.32 bits per heavy atom. The average molecular weight is 307 g/mol. The van der Waals surface area contributed by atoms with Crippen LogP contribution in [0.25, 0.3) is 11.3 Å². The molecule has 1 aromatic heterocycles. The van der Waals surface area contributed by atoms with Gasteiger partial charge in [-0.15, -0.1) is 0 Å². The van der Waals surface area contributed by atoms with E-state index in [0.717, 1.165) is 0 Å². The second-order valence-electron chi connectivity index (χ2n) is 5.74. The van der Waals surface area contributed by atoms with E-state index in [1.54, 1.807) is 20.8 Å². The van der Waals surface area contributed by atoms with Crippen LogP contribution in [0.5, 0.6) is 0 Å². The standard InChI is InChI=1S/C14H17N3O5/c1-14(2,3)22-13(19)16-11(8-12(18)15-16)9-4-6-10(7-5-9)17(20)21/h4-8,13,19H,1-3H3,(H,15,18). The molecule has 2 rings (SSSR count). The van der Waals surface area contributed by atoms with Gasteiger partial charge in [0, 0.05) is 23.8 Å². The maximum absolute atomic E-state index is 11.6. The molecule has 0 radical (unpaired) electrons. The van der Waals surface area contributed by atoms with E-state index in [2.05, 4.69) is 5.10 Å². The molecule has 0 fully saturated rings. The molecule has 1 aromatic carbocycles. The van der Waals surface area contributed by atoms with E-state index in [9.17, 15) is 20.0 Å². The predicted molar refractivity (Wildman–Crippen MR) is 79.2 cm³/mol.